The third kappa shape index (κ3) is 2.82. The first-order valence-electron chi connectivity index (χ1n) is 5.64. The van der Waals surface area contributed by atoms with Gasteiger partial charge in [0.1, 0.15) is 0 Å². The fraction of sp³-hybridized carbons (Fsp3) is 0.833. The predicted molar refractivity (Wildman–Crippen MR) is 60.2 cm³/mol. The van der Waals surface area contributed by atoms with Crippen molar-refractivity contribution in [1.29, 1.82) is 0 Å². The molecule has 1 aliphatic heterocycles. The monoisotopic (exact) mass is 197 g/mol. The molecule has 14 heavy (non-hydrogen) atoms. The largest absolute Gasteiger partial charge is 0.396 e. The molecule has 3 unspecified atom stereocenters. The van der Waals surface area contributed by atoms with Crippen LogP contribution in [0, 0.1) is 11.8 Å². The lowest BCUT2D eigenvalue weighted by Gasteiger charge is -2.29. The lowest BCUT2D eigenvalue weighted by molar-refractivity contribution is 0.174. The van der Waals surface area contributed by atoms with Gasteiger partial charge in [-0.05, 0) is 38.1 Å². The van der Waals surface area contributed by atoms with Crippen molar-refractivity contribution in [2.24, 2.45) is 11.8 Å². The highest BCUT2D eigenvalue weighted by Gasteiger charge is 2.27. The van der Waals surface area contributed by atoms with Crippen LogP contribution in [0.4, 0.5) is 0 Å². The SMILES string of the molecule is C=CCC(C)C(C)N1CCC(CO)C1. The van der Waals surface area contributed by atoms with E-state index >= 15 is 0 Å². The minimum atomic E-state index is 0.346. The molecule has 1 fully saturated rings. The van der Waals surface area contributed by atoms with Gasteiger partial charge < -0.3 is 10.0 Å². The van der Waals surface area contributed by atoms with Gasteiger partial charge in [-0.25, -0.2) is 0 Å². The summed E-state index contributed by atoms with van der Waals surface area (Å²) in [6.07, 6.45) is 4.24. The summed E-state index contributed by atoms with van der Waals surface area (Å²) in [6.45, 7) is 10.9. The van der Waals surface area contributed by atoms with Gasteiger partial charge in [-0.1, -0.05) is 13.0 Å². The van der Waals surface area contributed by atoms with Gasteiger partial charge in [0, 0.05) is 19.2 Å². The van der Waals surface area contributed by atoms with E-state index in [0.717, 1.165) is 25.9 Å². The van der Waals surface area contributed by atoms with Crippen LogP contribution in [0.1, 0.15) is 26.7 Å². The van der Waals surface area contributed by atoms with E-state index in [0.29, 0.717) is 24.5 Å². The Bertz CT molecular complexity index is 181. The number of nitrogens with zero attached hydrogens (tertiary/aromatic N) is 1. The fourth-order valence-corrected chi connectivity index (χ4v) is 2.20. The molecule has 0 radical (unpaired) electrons. The zero-order valence-corrected chi connectivity index (χ0v) is 9.45. The standard InChI is InChI=1S/C12H23NO/c1-4-5-10(2)11(3)13-7-6-12(8-13)9-14/h4,10-12,14H,1,5-9H2,2-3H3. The smallest absolute Gasteiger partial charge is 0.0471 e. The second kappa shape index (κ2) is 5.52. The molecule has 1 heterocycles. The van der Waals surface area contributed by atoms with E-state index in [1.54, 1.807) is 0 Å². The molecule has 0 aliphatic carbocycles. The molecule has 0 aromatic heterocycles. The van der Waals surface area contributed by atoms with Crippen molar-refractivity contribution in [3.05, 3.63) is 12.7 Å². The van der Waals surface area contributed by atoms with Crippen molar-refractivity contribution >= 4 is 0 Å². The van der Waals surface area contributed by atoms with Gasteiger partial charge >= 0.3 is 0 Å². The molecule has 0 aromatic rings. The van der Waals surface area contributed by atoms with Crippen molar-refractivity contribution in [2.75, 3.05) is 19.7 Å². The van der Waals surface area contributed by atoms with Crippen molar-refractivity contribution in [2.45, 2.75) is 32.7 Å². The molecule has 2 nitrogen and oxygen atoms in total. The number of likely N-dealkylation sites (tertiary alicyclic amines) is 1. The predicted octanol–water partition coefficient (Wildman–Crippen LogP) is 1.90. The molecule has 0 saturated carbocycles. The van der Waals surface area contributed by atoms with Crippen molar-refractivity contribution in [3.8, 4) is 0 Å². The van der Waals surface area contributed by atoms with Crippen molar-refractivity contribution < 1.29 is 5.11 Å². The van der Waals surface area contributed by atoms with E-state index in [1.165, 1.54) is 0 Å². The molecule has 1 rings (SSSR count). The third-order valence-corrected chi connectivity index (χ3v) is 3.51. The van der Waals surface area contributed by atoms with Crippen LogP contribution in [0.2, 0.25) is 0 Å². The Morgan fingerprint density at radius 2 is 2.29 bits per heavy atom. The van der Waals surface area contributed by atoms with Gasteiger partial charge in [0.15, 0.2) is 0 Å². The number of aliphatic hydroxyl groups excluding tert-OH is 1. The topological polar surface area (TPSA) is 23.5 Å². The molecule has 82 valence electrons. The molecule has 0 amide bonds. The first-order chi connectivity index (χ1) is 6.69. The molecule has 1 aliphatic rings. The molecular weight excluding hydrogens is 174 g/mol. The molecular formula is C12H23NO. The first kappa shape index (κ1) is 11.7. The number of hydrogen-bond donors (Lipinski definition) is 1. The van der Waals surface area contributed by atoms with Gasteiger partial charge in [0.05, 0.1) is 0 Å². The van der Waals surface area contributed by atoms with Crippen LogP contribution in [0.25, 0.3) is 0 Å². The van der Waals surface area contributed by atoms with Crippen molar-refractivity contribution in [1.82, 2.24) is 4.90 Å². The number of rotatable bonds is 5. The summed E-state index contributed by atoms with van der Waals surface area (Å²) in [6, 6.07) is 0.615. The fourth-order valence-electron chi connectivity index (χ4n) is 2.20. The molecule has 3 atom stereocenters. The summed E-state index contributed by atoms with van der Waals surface area (Å²) in [5.41, 5.74) is 0. The van der Waals surface area contributed by atoms with E-state index in [2.05, 4.69) is 25.3 Å². The van der Waals surface area contributed by atoms with Crippen LogP contribution in [-0.4, -0.2) is 35.7 Å². The number of hydrogen-bond acceptors (Lipinski definition) is 2. The second-order valence-electron chi connectivity index (χ2n) is 4.57. The minimum absolute atomic E-state index is 0.346. The number of aliphatic hydroxyl groups is 1. The summed E-state index contributed by atoms with van der Waals surface area (Å²) in [4.78, 5) is 2.50. The lowest BCUT2D eigenvalue weighted by atomic mass is 9.99. The Morgan fingerprint density at radius 3 is 2.79 bits per heavy atom. The summed E-state index contributed by atoms with van der Waals surface area (Å²) >= 11 is 0. The Labute approximate surface area is 87.6 Å². The zero-order chi connectivity index (χ0) is 10.6. The highest BCUT2D eigenvalue weighted by Crippen LogP contribution is 2.23. The van der Waals surface area contributed by atoms with Crippen LogP contribution in [-0.2, 0) is 0 Å². The maximum Gasteiger partial charge on any atom is 0.0471 e. The maximum atomic E-state index is 9.06. The quantitative estimate of drug-likeness (QED) is 0.680. The van der Waals surface area contributed by atoms with E-state index in [9.17, 15) is 0 Å². The molecule has 1 saturated heterocycles. The lowest BCUT2D eigenvalue weighted by Crippen LogP contribution is -2.36. The van der Waals surface area contributed by atoms with Crippen LogP contribution in [0.5, 0.6) is 0 Å². The molecule has 0 spiro atoms. The first-order valence-corrected chi connectivity index (χ1v) is 5.64. The Hall–Kier alpha value is -0.340. The zero-order valence-electron chi connectivity index (χ0n) is 9.45. The second-order valence-corrected chi connectivity index (χ2v) is 4.57. The van der Waals surface area contributed by atoms with Crippen LogP contribution < -0.4 is 0 Å². The van der Waals surface area contributed by atoms with Gasteiger partial charge in [-0.15, -0.1) is 6.58 Å². The van der Waals surface area contributed by atoms with Gasteiger partial charge in [0.25, 0.3) is 0 Å². The van der Waals surface area contributed by atoms with Gasteiger partial charge in [0.2, 0.25) is 0 Å². The van der Waals surface area contributed by atoms with Gasteiger partial charge in [-0.2, -0.15) is 0 Å². The van der Waals surface area contributed by atoms with Crippen LogP contribution in [0.15, 0.2) is 12.7 Å². The van der Waals surface area contributed by atoms with E-state index in [1.807, 2.05) is 6.08 Å². The maximum absolute atomic E-state index is 9.06. The summed E-state index contributed by atoms with van der Waals surface area (Å²) in [7, 11) is 0. The Morgan fingerprint density at radius 1 is 1.57 bits per heavy atom. The van der Waals surface area contributed by atoms with E-state index in [4.69, 9.17) is 5.11 Å². The molecule has 0 aromatic carbocycles. The van der Waals surface area contributed by atoms with E-state index in [-0.39, 0.29) is 0 Å². The summed E-state index contributed by atoms with van der Waals surface area (Å²) < 4.78 is 0. The molecule has 0 bridgehead atoms. The number of allylic oxidation sites excluding steroid dienone is 1. The minimum Gasteiger partial charge on any atom is -0.396 e. The molecule has 2 heteroatoms. The highest BCUT2D eigenvalue weighted by molar-refractivity contribution is 4.84. The normalized spacial score (nSPS) is 27.5. The van der Waals surface area contributed by atoms with Crippen molar-refractivity contribution in [3.63, 3.8) is 0 Å². The third-order valence-electron chi connectivity index (χ3n) is 3.51. The Kier molecular flexibility index (Phi) is 4.63. The average molecular weight is 197 g/mol. The van der Waals surface area contributed by atoms with Crippen LogP contribution >= 0.6 is 0 Å². The van der Waals surface area contributed by atoms with Crippen LogP contribution in [0.3, 0.4) is 0 Å². The van der Waals surface area contributed by atoms with E-state index < -0.39 is 0 Å². The average Bonchev–Trinajstić information content (AvgIpc) is 2.65. The van der Waals surface area contributed by atoms with Gasteiger partial charge in [-0.3, -0.25) is 0 Å². The molecule has 1 N–H and O–H groups in total. The summed E-state index contributed by atoms with van der Waals surface area (Å²) in [5.74, 6) is 1.18. The Balaban J connectivity index is 2.37. The summed E-state index contributed by atoms with van der Waals surface area (Å²) in [5, 5.41) is 9.06. The highest BCUT2D eigenvalue weighted by atomic mass is 16.3.